The molecule has 19 heavy (non-hydrogen) atoms. The molecule has 0 radical (unpaired) electrons. The number of hydrogen-bond acceptors (Lipinski definition) is 3. The maximum atomic E-state index is 5.20. The van der Waals surface area contributed by atoms with E-state index >= 15 is 0 Å². The molecule has 1 fully saturated rings. The molecule has 0 saturated carbocycles. The molecule has 3 heteroatoms. The Labute approximate surface area is 116 Å². The quantitative estimate of drug-likeness (QED) is 0.853. The SMILES string of the molecule is COc1ccc(CN2CCCC2CNC(C)C)cc1. The normalized spacial score (nSPS) is 20.1. The summed E-state index contributed by atoms with van der Waals surface area (Å²) in [6, 6.07) is 9.70. The fourth-order valence-corrected chi connectivity index (χ4v) is 2.67. The van der Waals surface area contributed by atoms with Gasteiger partial charge in [0, 0.05) is 25.2 Å². The Balaban J connectivity index is 1.89. The summed E-state index contributed by atoms with van der Waals surface area (Å²) >= 11 is 0. The first-order chi connectivity index (χ1) is 9.19. The highest BCUT2D eigenvalue weighted by atomic mass is 16.5. The minimum Gasteiger partial charge on any atom is -0.497 e. The highest BCUT2D eigenvalue weighted by Gasteiger charge is 2.24. The molecule has 106 valence electrons. The molecule has 1 aromatic carbocycles. The monoisotopic (exact) mass is 262 g/mol. The van der Waals surface area contributed by atoms with Crippen LogP contribution in [0, 0.1) is 0 Å². The lowest BCUT2D eigenvalue weighted by Crippen LogP contribution is -2.39. The zero-order valence-electron chi connectivity index (χ0n) is 12.4. The van der Waals surface area contributed by atoms with Gasteiger partial charge in [0.15, 0.2) is 0 Å². The lowest BCUT2D eigenvalue weighted by atomic mass is 10.1. The summed E-state index contributed by atoms with van der Waals surface area (Å²) in [6.07, 6.45) is 2.64. The number of methoxy groups -OCH3 is 1. The molecule has 1 aliphatic rings. The van der Waals surface area contributed by atoms with Crippen LogP contribution >= 0.6 is 0 Å². The molecule has 0 amide bonds. The first kappa shape index (κ1) is 14.4. The number of rotatable bonds is 6. The van der Waals surface area contributed by atoms with Gasteiger partial charge in [-0.1, -0.05) is 26.0 Å². The summed E-state index contributed by atoms with van der Waals surface area (Å²) < 4.78 is 5.20. The molecule has 0 aliphatic carbocycles. The number of likely N-dealkylation sites (tertiary alicyclic amines) is 1. The third-order valence-corrected chi connectivity index (χ3v) is 3.81. The van der Waals surface area contributed by atoms with Gasteiger partial charge in [-0.25, -0.2) is 0 Å². The number of benzene rings is 1. The molecule has 1 aliphatic heterocycles. The van der Waals surface area contributed by atoms with E-state index in [1.54, 1.807) is 7.11 Å². The standard InChI is InChI=1S/C16H26N2O/c1-13(2)17-11-15-5-4-10-18(15)12-14-6-8-16(19-3)9-7-14/h6-9,13,15,17H,4-5,10-12H2,1-3H3. The minimum absolute atomic E-state index is 0.573. The molecule has 1 saturated heterocycles. The van der Waals surface area contributed by atoms with Crippen molar-refractivity contribution in [3.63, 3.8) is 0 Å². The maximum Gasteiger partial charge on any atom is 0.118 e. The van der Waals surface area contributed by atoms with E-state index in [-0.39, 0.29) is 0 Å². The van der Waals surface area contributed by atoms with Crippen LogP contribution in [-0.2, 0) is 6.54 Å². The van der Waals surface area contributed by atoms with Gasteiger partial charge in [-0.3, -0.25) is 4.90 Å². The molecule has 2 rings (SSSR count). The van der Waals surface area contributed by atoms with Crippen LogP contribution in [0.4, 0.5) is 0 Å². The molecule has 1 atom stereocenters. The van der Waals surface area contributed by atoms with Gasteiger partial charge < -0.3 is 10.1 Å². The van der Waals surface area contributed by atoms with Crippen LogP contribution in [0.25, 0.3) is 0 Å². The predicted molar refractivity (Wildman–Crippen MR) is 79.6 cm³/mol. The van der Waals surface area contributed by atoms with E-state index in [1.165, 1.54) is 24.9 Å². The van der Waals surface area contributed by atoms with Crippen molar-refractivity contribution in [1.29, 1.82) is 0 Å². The van der Waals surface area contributed by atoms with Gasteiger partial charge in [-0.2, -0.15) is 0 Å². The van der Waals surface area contributed by atoms with Crippen molar-refractivity contribution < 1.29 is 4.74 Å². The van der Waals surface area contributed by atoms with Crippen LogP contribution in [0.1, 0.15) is 32.3 Å². The van der Waals surface area contributed by atoms with Crippen LogP contribution in [-0.4, -0.2) is 37.2 Å². The van der Waals surface area contributed by atoms with Crippen LogP contribution in [0.5, 0.6) is 5.75 Å². The maximum absolute atomic E-state index is 5.20. The van der Waals surface area contributed by atoms with Crippen molar-refractivity contribution in [2.24, 2.45) is 0 Å². The van der Waals surface area contributed by atoms with Crippen molar-refractivity contribution >= 4 is 0 Å². The Hall–Kier alpha value is -1.06. The van der Waals surface area contributed by atoms with Crippen LogP contribution in [0.15, 0.2) is 24.3 Å². The van der Waals surface area contributed by atoms with E-state index in [0.717, 1.165) is 18.8 Å². The molecule has 0 bridgehead atoms. The number of ether oxygens (including phenoxy) is 1. The Morgan fingerprint density at radius 1 is 1.32 bits per heavy atom. The Morgan fingerprint density at radius 2 is 2.05 bits per heavy atom. The van der Waals surface area contributed by atoms with E-state index in [9.17, 15) is 0 Å². The van der Waals surface area contributed by atoms with Gasteiger partial charge in [0.25, 0.3) is 0 Å². The second kappa shape index (κ2) is 6.92. The number of hydrogen-bond donors (Lipinski definition) is 1. The summed E-state index contributed by atoms with van der Waals surface area (Å²) in [5, 5.41) is 3.56. The van der Waals surface area contributed by atoms with Crippen LogP contribution < -0.4 is 10.1 Å². The smallest absolute Gasteiger partial charge is 0.118 e. The second-order valence-electron chi connectivity index (χ2n) is 5.68. The van der Waals surface area contributed by atoms with Gasteiger partial charge in [0.2, 0.25) is 0 Å². The van der Waals surface area contributed by atoms with E-state index in [4.69, 9.17) is 4.74 Å². The van der Waals surface area contributed by atoms with Gasteiger partial charge in [-0.15, -0.1) is 0 Å². The largest absolute Gasteiger partial charge is 0.497 e. The highest BCUT2D eigenvalue weighted by molar-refractivity contribution is 5.27. The third-order valence-electron chi connectivity index (χ3n) is 3.81. The van der Waals surface area contributed by atoms with Crippen molar-refractivity contribution in [3.05, 3.63) is 29.8 Å². The topological polar surface area (TPSA) is 24.5 Å². The molecule has 1 unspecified atom stereocenters. The molecular weight excluding hydrogens is 236 g/mol. The molecule has 1 aromatic rings. The zero-order valence-corrected chi connectivity index (χ0v) is 12.4. The highest BCUT2D eigenvalue weighted by Crippen LogP contribution is 2.21. The molecule has 0 spiro atoms. The summed E-state index contributed by atoms with van der Waals surface area (Å²) in [7, 11) is 1.71. The fourth-order valence-electron chi connectivity index (χ4n) is 2.67. The molecule has 1 heterocycles. The van der Waals surface area contributed by atoms with Crippen molar-refractivity contribution in [3.8, 4) is 5.75 Å². The third kappa shape index (κ3) is 4.22. The fraction of sp³-hybridized carbons (Fsp3) is 0.625. The van der Waals surface area contributed by atoms with Crippen molar-refractivity contribution in [1.82, 2.24) is 10.2 Å². The summed E-state index contributed by atoms with van der Waals surface area (Å²) in [5.74, 6) is 0.934. The Kier molecular flexibility index (Phi) is 5.23. The van der Waals surface area contributed by atoms with E-state index in [0.29, 0.717) is 12.1 Å². The first-order valence-electron chi connectivity index (χ1n) is 7.29. The molecule has 3 nitrogen and oxygen atoms in total. The van der Waals surface area contributed by atoms with Crippen LogP contribution in [0.3, 0.4) is 0 Å². The van der Waals surface area contributed by atoms with E-state index < -0.39 is 0 Å². The number of nitrogens with zero attached hydrogens (tertiary/aromatic N) is 1. The predicted octanol–water partition coefficient (Wildman–Crippen LogP) is 2.66. The van der Waals surface area contributed by atoms with Gasteiger partial charge >= 0.3 is 0 Å². The summed E-state index contributed by atoms with van der Waals surface area (Å²) in [6.45, 7) is 7.80. The lowest BCUT2D eigenvalue weighted by Gasteiger charge is -2.25. The van der Waals surface area contributed by atoms with Gasteiger partial charge in [0.05, 0.1) is 7.11 Å². The molecule has 1 N–H and O–H groups in total. The average molecular weight is 262 g/mol. The summed E-state index contributed by atoms with van der Waals surface area (Å²) in [4.78, 5) is 2.59. The second-order valence-corrected chi connectivity index (χ2v) is 5.68. The van der Waals surface area contributed by atoms with Crippen molar-refractivity contribution in [2.75, 3.05) is 20.2 Å². The van der Waals surface area contributed by atoms with E-state index in [2.05, 4.69) is 36.2 Å². The van der Waals surface area contributed by atoms with Crippen LogP contribution in [0.2, 0.25) is 0 Å². The molecular formula is C16H26N2O. The lowest BCUT2D eigenvalue weighted by molar-refractivity contribution is 0.236. The summed E-state index contributed by atoms with van der Waals surface area (Å²) in [5.41, 5.74) is 1.37. The zero-order chi connectivity index (χ0) is 13.7. The molecule has 0 aromatic heterocycles. The number of nitrogens with one attached hydrogen (secondary N) is 1. The first-order valence-corrected chi connectivity index (χ1v) is 7.29. The Bertz CT molecular complexity index is 375. The van der Waals surface area contributed by atoms with Gasteiger partial charge in [0.1, 0.15) is 5.75 Å². The minimum atomic E-state index is 0.573. The van der Waals surface area contributed by atoms with Crippen molar-refractivity contribution in [2.45, 2.75) is 45.3 Å². The Morgan fingerprint density at radius 3 is 2.68 bits per heavy atom. The van der Waals surface area contributed by atoms with E-state index in [1.807, 2.05) is 12.1 Å². The average Bonchev–Trinajstić information content (AvgIpc) is 2.84. The van der Waals surface area contributed by atoms with Gasteiger partial charge in [-0.05, 0) is 37.1 Å².